The number of piperidine rings is 1. The lowest BCUT2D eigenvalue weighted by atomic mass is 9.88. The monoisotopic (exact) mass is 395 g/mol. The smallest absolute Gasteiger partial charge is 0.376 e. The zero-order valence-corrected chi connectivity index (χ0v) is 17.7. The number of aliphatic imine (C=N–C) groups is 1. The van der Waals surface area contributed by atoms with Crippen LogP contribution >= 0.6 is 0 Å². The number of nitrogens with two attached hydrogens (primary N) is 1. The highest BCUT2D eigenvalue weighted by Gasteiger charge is 2.54. The first-order valence-corrected chi connectivity index (χ1v) is 11.7. The van der Waals surface area contributed by atoms with E-state index in [4.69, 9.17) is 5.73 Å². The van der Waals surface area contributed by atoms with Crippen molar-refractivity contribution in [1.82, 2.24) is 9.38 Å². The molecule has 3 unspecified atom stereocenters. The lowest BCUT2D eigenvalue weighted by Crippen LogP contribution is -2.66. The molecule has 0 aromatic heterocycles. The summed E-state index contributed by atoms with van der Waals surface area (Å²) < 4.78 is 0.303. The van der Waals surface area contributed by atoms with Crippen LogP contribution in [0.1, 0.15) is 70.6 Å². The summed E-state index contributed by atoms with van der Waals surface area (Å²) in [6, 6.07) is 10.4. The van der Waals surface area contributed by atoms with Crippen molar-refractivity contribution in [2.45, 2.75) is 94.8 Å². The molecule has 3 aliphatic heterocycles. The fourth-order valence-corrected chi connectivity index (χ4v) is 6.77. The van der Waals surface area contributed by atoms with Crippen molar-refractivity contribution >= 4 is 23.1 Å². The molecule has 0 radical (unpaired) electrons. The summed E-state index contributed by atoms with van der Waals surface area (Å²) in [6.07, 6.45) is 14.5. The fraction of sp³-hybridized carbons (Fsp3) is 0.667. The minimum Gasteiger partial charge on any atom is -0.376 e. The van der Waals surface area contributed by atoms with E-state index < -0.39 is 0 Å². The highest BCUT2D eigenvalue weighted by molar-refractivity contribution is 6.42. The standard InChI is InChI=1S/C24H35N4O/c1-28(22-12-8-7-11-21(22)26-23(25)24(28)29)20-15-18-13-14-19(16-20)27(18)17-9-5-3-2-4-6-10-17/h7-8,11-12,17-20H,2-6,9-10,13-16H2,1H3,(H2,25,26)/q+1/t18-,19?,20?,28?/m0/s1. The van der Waals surface area contributed by atoms with E-state index in [9.17, 15) is 4.79 Å². The predicted molar refractivity (Wildman–Crippen MR) is 118 cm³/mol. The van der Waals surface area contributed by atoms with Crippen molar-refractivity contribution in [2.24, 2.45) is 10.7 Å². The van der Waals surface area contributed by atoms with E-state index in [1.54, 1.807) is 0 Å². The molecule has 5 heteroatoms. The van der Waals surface area contributed by atoms with Gasteiger partial charge in [-0.1, -0.05) is 44.2 Å². The molecule has 156 valence electrons. The molecule has 1 aromatic carbocycles. The Morgan fingerprint density at radius 2 is 1.55 bits per heavy atom. The Kier molecular flexibility index (Phi) is 4.99. The number of fused-ring (bicyclic) bond motifs is 3. The second kappa shape index (κ2) is 7.51. The summed E-state index contributed by atoms with van der Waals surface area (Å²) in [5.41, 5.74) is 8.00. The quantitative estimate of drug-likeness (QED) is 0.761. The summed E-state index contributed by atoms with van der Waals surface area (Å²) in [4.78, 5) is 20.6. The first-order chi connectivity index (χ1) is 14.1. The molecule has 0 spiro atoms. The second-order valence-corrected chi connectivity index (χ2v) is 9.82. The van der Waals surface area contributed by atoms with Crippen LogP contribution in [-0.4, -0.2) is 47.9 Å². The highest BCUT2D eigenvalue weighted by atomic mass is 16.2. The van der Waals surface area contributed by atoms with E-state index >= 15 is 0 Å². The van der Waals surface area contributed by atoms with Gasteiger partial charge in [-0.25, -0.2) is 14.3 Å². The topological polar surface area (TPSA) is 58.7 Å². The molecular weight excluding hydrogens is 360 g/mol. The zero-order chi connectivity index (χ0) is 20.0. The molecule has 1 aromatic rings. The van der Waals surface area contributed by atoms with Crippen molar-refractivity contribution in [2.75, 3.05) is 7.05 Å². The number of para-hydroxylation sites is 2. The minimum atomic E-state index is -0.0208. The van der Waals surface area contributed by atoms with Crippen LogP contribution in [0.5, 0.6) is 0 Å². The number of rotatable bonds is 2. The molecule has 2 bridgehead atoms. The van der Waals surface area contributed by atoms with E-state index in [1.807, 2.05) is 18.2 Å². The van der Waals surface area contributed by atoms with Crippen molar-refractivity contribution in [3.05, 3.63) is 24.3 Å². The van der Waals surface area contributed by atoms with Crippen LogP contribution in [0.3, 0.4) is 0 Å². The van der Waals surface area contributed by atoms with Gasteiger partial charge in [-0.2, -0.15) is 0 Å². The number of carbonyl (C=O) groups is 1. The van der Waals surface area contributed by atoms with Gasteiger partial charge in [0.2, 0.25) is 5.84 Å². The van der Waals surface area contributed by atoms with Crippen LogP contribution in [0.2, 0.25) is 0 Å². The van der Waals surface area contributed by atoms with Crippen LogP contribution < -0.4 is 10.2 Å². The number of amides is 1. The molecule has 1 saturated carbocycles. The van der Waals surface area contributed by atoms with Crippen LogP contribution in [-0.2, 0) is 4.79 Å². The van der Waals surface area contributed by atoms with E-state index in [0.717, 1.165) is 30.3 Å². The number of hydrogen-bond acceptors (Lipinski definition) is 4. The van der Waals surface area contributed by atoms with E-state index in [-0.39, 0.29) is 11.7 Å². The van der Waals surface area contributed by atoms with Gasteiger partial charge in [0.25, 0.3) is 0 Å². The van der Waals surface area contributed by atoms with Crippen molar-refractivity contribution in [3.8, 4) is 0 Å². The number of hydrogen-bond donors (Lipinski definition) is 1. The zero-order valence-electron chi connectivity index (χ0n) is 17.7. The number of nitrogens with zero attached hydrogens (tertiary/aromatic N) is 3. The highest BCUT2D eigenvalue weighted by Crippen LogP contribution is 2.46. The van der Waals surface area contributed by atoms with E-state index in [0.29, 0.717) is 22.6 Å². The number of quaternary nitrogens is 1. The average Bonchev–Trinajstić information content (AvgIpc) is 2.95. The van der Waals surface area contributed by atoms with Gasteiger partial charge >= 0.3 is 5.91 Å². The molecule has 2 N–H and O–H groups in total. The maximum atomic E-state index is 13.3. The molecule has 1 amide bonds. The maximum Gasteiger partial charge on any atom is 0.386 e. The summed E-state index contributed by atoms with van der Waals surface area (Å²) in [6.45, 7) is 0. The third-order valence-corrected chi connectivity index (χ3v) is 8.26. The number of likely N-dealkylation sites (N-methyl/N-ethyl adjacent to an activating group) is 1. The van der Waals surface area contributed by atoms with Gasteiger partial charge in [0.1, 0.15) is 11.7 Å². The Hall–Kier alpha value is -1.72. The van der Waals surface area contributed by atoms with Crippen molar-refractivity contribution in [3.63, 3.8) is 0 Å². The molecule has 3 fully saturated rings. The van der Waals surface area contributed by atoms with Gasteiger partial charge in [-0.3, -0.25) is 4.90 Å². The average molecular weight is 396 g/mol. The molecule has 1 aliphatic carbocycles. The van der Waals surface area contributed by atoms with Gasteiger partial charge < -0.3 is 5.73 Å². The normalized spacial score (nSPS) is 36.2. The Balaban J connectivity index is 1.42. The van der Waals surface area contributed by atoms with Gasteiger partial charge in [0.15, 0.2) is 5.69 Å². The first-order valence-electron chi connectivity index (χ1n) is 11.7. The number of benzene rings is 1. The van der Waals surface area contributed by atoms with Crippen LogP contribution in [0, 0.1) is 0 Å². The Morgan fingerprint density at radius 1 is 0.931 bits per heavy atom. The molecule has 4 aliphatic rings. The number of amidine groups is 1. The second-order valence-electron chi connectivity index (χ2n) is 9.82. The summed E-state index contributed by atoms with van der Waals surface area (Å²) in [5, 5.41) is 0. The van der Waals surface area contributed by atoms with Crippen molar-refractivity contribution in [1.29, 1.82) is 0 Å². The van der Waals surface area contributed by atoms with Crippen molar-refractivity contribution < 1.29 is 4.79 Å². The Morgan fingerprint density at radius 3 is 2.24 bits per heavy atom. The summed E-state index contributed by atoms with van der Waals surface area (Å²) in [7, 11) is 2.08. The summed E-state index contributed by atoms with van der Waals surface area (Å²) in [5.74, 6) is 0.147. The molecule has 3 heterocycles. The lowest BCUT2D eigenvalue weighted by Gasteiger charge is -2.49. The molecule has 5 rings (SSSR count). The van der Waals surface area contributed by atoms with Gasteiger partial charge in [0.05, 0.1) is 7.05 Å². The van der Waals surface area contributed by atoms with Gasteiger partial charge in [0, 0.05) is 37.0 Å². The first kappa shape index (κ1) is 19.3. The largest absolute Gasteiger partial charge is 0.386 e. The molecule has 29 heavy (non-hydrogen) atoms. The molecule has 4 atom stereocenters. The van der Waals surface area contributed by atoms with E-state index in [1.165, 1.54) is 57.8 Å². The third-order valence-electron chi connectivity index (χ3n) is 8.26. The van der Waals surface area contributed by atoms with Crippen LogP contribution in [0.4, 0.5) is 11.4 Å². The van der Waals surface area contributed by atoms with Crippen LogP contribution in [0.25, 0.3) is 0 Å². The Bertz CT molecular complexity index is 799. The minimum absolute atomic E-state index is 0.0208. The Labute approximate surface area is 174 Å². The third kappa shape index (κ3) is 3.14. The molecule has 2 saturated heterocycles. The molecule has 5 nitrogen and oxygen atoms in total. The lowest BCUT2D eigenvalue weighted by molar-refractivity contribution is -0.126. The van der Waals surface area contributed by atoms with Crippen LogP contribution in [0.15, 0.2) is 29.3 Å². The summed E-state index contributed by atoms with van der Waals surface area (Å²) >= 11 is 0. The van der Waals surface area contributed by atoms with Gasteiger partial charge in [-0.15, -0.1) is 0 Å². The fourth-order valence-electron chi connectivity index (χ4n) is 6.77. The molecular formula is C24H35N4O+. The maximum absolute atomic E-state index is 13.3. The number of carbonyl (C=O) groups excluding carboxylic acids is 1. The SMILES string of the molecule is C[N+]1(C2CC3CC[C@@H](C2)N3C2CCCCCCC2)C(=O)C(N)=Nc2ccccc21. The van der Waals surface area contributed by atoms with Gasteiger partial charge in [-0.05, 0) is 31.7 Å². The predicted octanol–water partition coefficient (Wildman–Crippen LogP) is 4.26. The van der Waals surface area contributed by atoms with E-state index in [2.05, 4.69) is 23.0 Å².